The second-order valence-electron chi connectivity index (χ2n) is 5.01. The molecule has 0 aliphatic heterocycles. The van der Waals surface area contributed by atoms with Crippen LogP contribution in [-0.4, -0.2) is 9.78 Å². The van der Waals surface area contributed by atoms with Gasteiger partial charge in [-0.25, -0.2) is 4.68 Å². The van der Waals surface area contributed by atoms with Crippen LogP contribution >= 0.6 is 27.5 Å². The van der Waals surface area contributed by atoms with E-state index in [1.807, 2.05) is 0 Å². The molecule has 0 unspecified atom stereocenters. The Balaban J connectivity index is 2.26. The molecule has 0 spiro atoms. The number of rotatable bonds is 2. The van der Waals surface area contributed by atoms with Crippen molar-refractivity contribution in [2.75, 3.05) is 5.73 Å². The van der Waals surface area contributed by atoms with Crippen LogP contribution in [0.1, 0.15) is 5.69 Å². The fraction of sp³-hybridized carbons (Fsp3) is 0.0625. The summed E-state index contributed by atoms with van der Waals surface area (Å²) in [5.41, 5.74) is 5.49. The molecule has 3 rings (SSSR count). The third-order valence-corrected chi connectivity index (χ3v) is 4.14. The first kappa shape index (κ1) is 16.9. The average molecular weight is 417 g/mol. The number of nitrogens with two attached hydrogens (primary N) is 1. The van der Waals surface area contributed by atoms with E-state index in [4.69, 9.17) is 17.3 Å². The van der Waals surface area contributed by atoms with Gasteiger partial charge in [-0.05, 0) is 35.9 Å². The Kier molecular flexibility index (Phi) is 4.31. The molecule has 2 aromatic carbocycles. The second kappa shape index (κ2) is 6.14. The maximum Gasteiger partial charge on any atom is 0.435 e. The summed E-state index contributed by atoms with van der Waals surface area (Å²) >= 11 is 9.16. The van der Waals surface area contributed by atoms with E-state index in [0.29, 0.717) is 16.3 Å². The number of alkyl halides is 3. The lowest BCUT2D eigenvalue weighted by Crippen LogP contribution is -2.08. The smallest absolute Gasteiger partial charge is 0.383 e. The standard InChI is InChI=1S/C16H10BrClF3N3/c17-10-6-4-9(5-7-10)13-14(16(19,20)21)23-24(15(13)22)12-3-1-2-11(18)8-12/h1-8H,22H2. The van der Waals surface area contributed by atoms with Gasteiger partial charge in [0.25, 0.3) is 0 Å². The predicted octanol–water partition coefficient (Wildman–Crippen LogP) is 5.56. The van der Waals surface area contributed by atoms with Crippen molar-refractivity contribution in [3.63, 3.8) is 0 Å². The summed E-state index contributed by atoms with van der Waals surface area (Å²) in [4.78, 5) is 0. The monoisotopic (exact) mass is 415 g/mol. The van der Waals surface area contributed by atoms with Gasteiger partial charge in [0.15, 0.2) is 5.69 Å². The highest BCUT2D eigenvalue weighted by Gasteiger charge is 2.39. The van der Waals surface area contributed by atoms with Crippen molar-refractivity contribution >= 4 is 33.3 Å². The van der Waals surface area contributed by atoms with Crippen molar-refractivity contribution in [3.8, 4) is 16.8 Å². The molecule has 0 amide bonds. The van der Waals surface area contributed by atoms with Gasteiger partial charge < -0.3 is 5.73 Å². The maximum absolute atomic E-state index is 13.4. The molecule has 2 N–H and O–H groups in total. The molecule has 124 valence electrons. The van der Waals surface area contributed by atoms with E-state index in [0.717, 1.165) is 9.15 Å². The van der Waals surface area contributed by atoms with E-state index in [2.05, 4.69) is 21.0 Å². The van der Waals surface area contributed by atoms with E-state index in [1.54, 1.807) is 42.5 Å². The molecule has 0 bridgehead atoms. The highest BCUT2D eigenvalue weighted by Crippen LogP contribution is 2.41. The van der Waals surface area contributed by atoms with Gasteiger partial charge in [-0.3, -0.25) is 0 Å². The summed E-state index contributed by atoms with van der Waals surface area (Å²) in [6, 6.07) is 12.7. The zero-order chi connectivity index (χ0) is 17.5. The third kappa shape index (κ3) is 3.14. The summed E-state index contributed by atoms with van der Waals surface area (Å²) in [5.74, 6) is -0.105. The number of nitrogens with zero attached hydrogens (tertiary/aromatic N) is 2. The largest absolute Gasteiger partial charge is 0.435 e. The Hall–Kier alpha value is -1.99. The van der Waals surface area contributed by atoms with E-state index < -0.39 is 11.9 Å². The van der Waals surface area contributed by atoms with Gasteiger partial charge in [-0.2, -0.15) is 18.3 Å². The van der Waals surface area contributed by atoms with Crippen LogP contribution in [0.3, 0.4) is 0 Å². The lowest BCUT2D eigenvalue weighted by molar-refractivity contribution is -0.140. The minimum Gasteiger partial charge on any atom is -0.383 e. The molecule has 3 nitrogen and oxygen atoms in total. The van der Waals surface area contributed by atoms with Crippen LogP contribution in [0.15, 0.2) is 53.0 Å². The van der Waals surface area contributed by atoms with Crippen LogP contribution in [0.25, 0.3) is 16.8 Å². The van der Waals surface area contributed by atoms with E-state index in [1.165, 1.54) is 6.07 Å². The molecule has 0 radical (unpaired) electrons. The summed E-state index contributed by atoms with van der Waals surface area (Å²) in [6.45, 7) is 0. The first-order chi connectivity index (χ1) is 11.3. The molecule has 0 atom stereocenters. The van der Waals surface area contributed by atoms with Crippen molar-refractivity contribution in [2.24, 2.45) is 0 Å². The molecule has 0 saturated carbocycles. The van der Waals surface area contributed by atoms with Crippen molar-refractivity contribution < 1.29 is 13.2 Å². The quantitative estimate of drug-likeness (QED) is 0.595. The maximum atomic E-state index is 13.4. The molecule has 1 heterocycles. The zero-order valence-corrected chi connectivity index (χ0v) is 14.3. The SMILES string of the molecule is Nc1c(-c2ccc(Br)cc2)c(C(F)(F)F)nn1-c1cccc(Cl)c1. The number of benzene rings is 2. The lowest BCUT2D eigenvalue weighted by Gasteiger charge is -2.07. The van der Waals surface area contributed by atoms with Crippen LogP contribution in [0.5, 0.6) is 0 Å². The van der Waals surface area contributed by atoms with Crippen molar-refractivity contribution in [3.05, 3.63) is 63.7 Å². The number of nitrogen functional groups attached to an aromatic ring is 1. The zero-order valence-electron chi connectivity index (χ0n) is 12.0. The van der Waals surface area contributed by atoms with Crippen LogP contribution in [0.4, 0.5) is 19.0 Å². The molecule has 0 aliphatic rings. The molecule has 3 aromatic rings. The van der Waals surface area contributed by atoms with Crippen LogP contribution in [0.2, 0.25) is 5.02 Å². The highest BCUT2D eigenvalue weighted by molar-refractivity contribution is 9.10. The first-order valence-electron chi connectivity index (χ1n) is 6.75. The van der Waals surface area contributed by atoms with Gasteiger partial charge in [0.05, 0.1) is 11.3 Å². The topological polar surface area (TPSA) is 43.8 Å². The summed E-state index contributed by atoms with van der Waals surface area (Å²) in [6.07, 6.45) is -4.64. The Labute approximate surface area is 149 Å². The molecule has 0 aliphatic carbocycles. The Bertz CT molecular complexity index is 889. The predicted molar refractivity (Wildman–Crippen MR) is 91.1 cm³/mol. The van der Waals surface area contributed by atoms with Gasteiger partial charge in [-0.15, -0.1) is 0 Å². The molecule has 0 saturated heterocycles. The molecule has 24 heavy (non-hydrogen) atoms. The van der Waals surface area contributed by atoms with Crippen LogP contribution in [-0.2, 0) is 6.18 Å². The number of aromatic nitrogens is 2. The van der Waals surface area contributed by atoms with Gasteiger partial charge in [0.2, 0.25) is 0 Å². The third-order valence-electron chi connectivity index (χ3n) is 3.38. The van der Waals surface area contributed by atoms with Gasteiger partial charge >= 0.3 is 6.18 Å². The Morgan fingerprint density at radius 1 is 1.08 bits per heavy atom. The molecular formula is C16H10BrClF3N3. The van der Waals surface area contributed by atoms with Crippen molar-refractivity contribution in [2.45, 2.75) is 6.18 Å². The summed E-state index contributed by atoms with van der Waals surface area (Å²) in [5, 5.41) is 4.06. The fourth-order valence-corrected chi connectivity index (χ4v) is 2.78. The highest BCUT2D eigenvalue weighted by atomic mass is 79.9. The van der Waals surface area contributed by atoms with Crippen LogP contribution in [0, 0.1) is 0 Å². The van der Waals surface area contributed by atoms with Crippen LogP contribution < -0.4 is 5.73 Å². The van der Waals surface area contributed by atoms with E-state index in [-0.39, 0.29) is 11.4 Å². The number of halogens is 5. The van der Waals surface area contributed by atoms with Gasteiger partial charge in [0.1, 0.15) is 5.82 Å². The van der Waals surface area contributed by atoms with E-state index >= 15 is 0 Å². The molecule has 8 heteroatoms. The lowest BCUT2D eigenvalue weighted by atomic mass is 10.1. The Morgan fingerprint density at radius 2 is 1.75 bits per heavy atom. The fourth-order valence-electron chi connectivity index (χ4n) is 2.34. The molecule has 0 fully saturated rings. The Morgan fingerprint density at radius 3 is 2.33 bits per heavy atom. The number of anilines is 1. The van der Waals surface area contributed by atoms with Gasteiger partial charge in [-0.1, -0.05) is 45.7 Å². The first-order valence-corrected chi connectivity index (χ1v) is 7.92. The number of hydrogen-bond acceptors (Lipinski definition) is 2. The second-order valence-corrected chi connectivity index (χ2v) is 6.36. The number of hydrogen-bond donors (Lipinski definition) is 1. The van der Waals surface area contributed by atoms with Crippen molar-refractivity contribution in [1.29, 1.82) is 0 Å². The van der Waals surface area contributed by atoms with E-state index in [9.17, 15) is 13.2 Å². The summed E-state index contributed by atoms with van der Waals surface area (Å²) < 4.78 is 42.1. The average Bonchev–Trinajstić information content (AvgIpc) is 2.86. The van der Waals surface area contributed by atoms with Crippen molar-refractivity contribution in [1.82, 2.24) is 9.78 Å². The molecule has 1 aromatic heterocycles. The molecular weight excluding hydrogens is 407 g/mol. The minimum atomic E-state index is -4.64. The van der Waals surface area contributed by atoms with Gasteiger partial charge in [0, 0.05) is 9.50 Å². The summed E-state index contributed by atoms with van der Waals surface area (Å²) in [7, 11) is 0. The normalized spacial score (nSPS) is 11.7. The minimum absolute atomic E-state index is 0.105.